The van der Waals surface area contributed by atoms with E-state index in [0.29, 0.717) is 11.7 Å². The van der Waals surface area contributed by atoms with Crippen LogP contribution >= 0.6 is 12.2 Å². The van der Waals surface area contributed by atoms with Crippen molar-refractivity contribution >= 4 is 23.3 Å². The smallest absolute Gasteiger partial charge is 0.325 e. The Hall–Kier alpha value is -3.19. The van der Waals surface area contributed by atoms with Crippen LogP contribution in [0.1, 0.15) is 52.8 Å². The van der Waals surface area contributed by atoms with Gasteiger partial charge in [-0.3, -0.25) is 9.78 Å². The number of aryl methyl sites for hydroxylation is 3. The van der Waals surface area contributed by atoms with Crippen molar-refractivity contribution < 1.29 is 9.53 Å². The molecule has 3 aromatic rings. The summed E-state index contributed by atoms with van der Waals surface area (Å²) < 4.78 is 7.52. The second kappa shape index (κ2) is 9.35. The van der Waals surface area contributed by atoms with Crippen molar-refractivity contribution in [2.45, 2.75) is 46.7 Å². The molecule has 1 aromatic carbocycles. The number of thiocarbonyl (C=S) groups is 1. The van der Waals surface area contributed by atoms with Gasteiger partial charge >= 0.3 is 5.97 Å². The number of hydrogen-bond acceptors (Lipinski definition) is 4. The predicted molar refractivity (Wildman–Crippen MR) is 134 cm³/mol. The summed E-state index contributed by atoms with van der Waals surface area (Å²) in [5.41, 5.74) is 7.81. The van der Waals surface area contributed by atoms with E-state index in [9.17, 15) is 4.79 Å². The number of ether oxygens (including phenoxy) is 1. The third kappa shape index (κ3) is 4.50. The molecule has 0 amide bonds. The van der Waals surface area contributed by atoms with Crippen LogP contribution in [0, 0.1) is 27.7 Å². The molecule has 1 saturated heterocycles. The van der Waals surface area contributed by atoms with E-state index in [1.165, 1.54) is 11.1 Å². The summed E-state index contributed by atoms with van der Waals surface area (Å²) in [6.07, 6.45) is 1.78. The fourth-order valence-corrected chi connectivity index (χ4v) is 5.13. The van der Waals surface area contributed by atoms with Gasteiger partial charge in [0.25, 0.3) is 0 Å². The molecule has 0 unspecified atom stereocenters. The number of esters is 1. The maximum absolute atomic E-state index is 12.4. The van der Waals surface area contributed by atoms with Crippen LogP contribution in [-0.4, -0.2) is 38.7 Å². The first kappa shape index (κ1) is 23.0. The minimum atomic E-state index is -0.295. The van der Waals surface area contributed by atoms with Crippen LogP contribution in [-0.2, 0) is 9.53 Å². The van der Waals surface area contributed by atoms with E-state index in [2.05, 4.69) is 66.8 Å². The molecule has 0 aliphatic carbocycles. The van der Waals surface area contributed by atoms with Crippen LogP contribution < -0.4 is 5.32 Å². The predicted octanol–water partition coefficient (Wildman–Crippen LogP) is 4.64. The summed E-state index contributed by atoms with van der Waals surface area (Å²) in [4.78, 5) is 19.0. The number of rotatable bonds is 6. The summed E-state index contributed by atoms with van der Waals surface area (Å²) in [6.45, 7) is 10.7. The normalized spacial score (nSPS) is 17.8. The maximum Gasteiger partial charge on any atom is 0.325 e. The van der Waals surface area contributed by atoms with E-state index in [1.807, 2.05) is 30.0 Å². The molecule has 172 valence electrons. The van der Waals surface area contributed by atoms with Crippen LogP contribution in [0.3, 0.4) is 0 Å². The minimum Gasteiger partial charge on any atom is -0.465 e. The Morgan fingerprint density at radius 2 is 1.85 bits per heavy atom. The van der Waals surface area contributed by atoms with Gasteiger partial charge in [0, 0.05) is 23.3 Å². The Bertz CT molecular complexity index is 1170. The highest BCUT2D eigenvalue weighted by Crippen LogP contribution is 2.41. The van der Waals surface area contributed by atoms with Gasteiger partial charge in [-0.15, -0.1) is 0 Å². The molecule has 2 aromatic heterocycles. The molecule has 0 spiro atoms. The Morgan fingerprint density at radius 1 is 1.12 bits per heavy atom. The Labute approximate surface area is 200 Å². The highest BCUT2D eigenvalue weighted by atomic mass is 32.1. The van der Waals surface area contributed by atoms with Gasteiger partial charge in [-0.25, -0.2) is 0 Å². The van der Waals surface area contributed by atoms with Gasteiger partial charge < -0.3 is 19.5 Å². The number of pyridine rings is 1. The Morgan fingerprint density at radius 3 is 2.48 bits per heavy atom. The number of benzene rings is 1. The molecule has 1 fully saturated rings. The first-order valence-electron chi connectivity index (χ1n) is 11.2. The van der Waals surface area contributed by atoms with Crippen LogP contribution in [0.5, 0.6) is 0 Å². The summed E-state index contributed by atoms with van der Waals surface area (Å²) >= 11 is 5.68. The molecule has 33 heavy (non-hydrogen) atoms. The molecular weight excluding hydrogens is 432 g/mol. The third-order valence-electron chi connectivity index (χ3n) is 6.06. The molecule has 7 heteroatoms. The fraction of sp³-hybridized carbons (Fsp3) is 0.346. The van der Waals surface area contributed by atoms with E-state index in [1.54, 1.807) is 6.20 Å². The molecule has 0 radical (unpaired) electrons. The molecule has 3 heterocycles. The molecular formula is C26H30N4O2S. The van der Waals surface area contributed by atoms with E-state index < -0.39 is 0 Å². The lowest BCUT2D eigenvalue weighted by Crippen LogP contribution is -2.35. The van der Waals surface area contributed by atoms with E-state index in [4.69, 9.17) is 17.0 Å². The van der Waals surface area contributed by atoms with Crippen molar-refractivity contribution in [3.05, 3.63) is 82.4 Å². The first-order chi connectivity index (χ1) is 15.8. The van der Waals surface area contributed by atoms with Gasteiger partial charge in [-0.05, 0) is 93.9 Å². The number of carbonyl (C=O) groups excluding carboxylic acids is 1. The minimum absolute atomic E-state index is 0.0842. The van der Waals surface area contributed by atoms with Crippen molar-refractivity contribution in [3.63, 3.8) is 0 Å². The quantitative estimate of drug-likeness (QED) is 0.425. The van der Waals surface area contributed by atoms with Crippen molar-refractivity contribution in [2.75, 3.05) is 13.2 Å². The highest BCUT2D eigenvalue weighted by molar-refractivity contribution is 7.80. The average Bonchev–Trinajstić information content (AvgIpc) is 3.23. The molecule has 4 rings (SSSR count). The van der Waals surface area contributed by atoms with Gasteiger partial charge in [0.05, 0.1) is 24.4 Å². The van der Waals surface area contributed by atoms with Gasteiger partial charge in [0.15, 0.2) is 5.11 Å². The molecule has 0 bridgehead atoms. The van der Waals surface area contributed by atoms with Crippen molar-refractivity contribution in [1.82, 2.24) is 19.8 Å². The Balaban J connectivity index is 1.83. The van der Waals surface area contributed by atoms with Crippen molar-refractivity contribution in [1.29, 1.82) is 0 Å². The monoisotopic (exact) mass is 462 g/mol. The number of aromatic nitrogens is 2. The topological polar surface area (TPSA) is 59.4 Å². The molecule has 6 nitrogen and oxygen atoms in total. The van der Waals surface area contributed by atoms with Gasteiger partial charge in [0.1, 0.15) is 6.54 Å². The lowest BCUT2D eigenvalue weighted by molar-refractivity contribution is -0.143. The Kier molecular flexibility index (Phi) is 6.51. The van der Waals surface area contributed by atoms with E-state index in [0.717, 1.165) is 28.3 Å². The van der Waals surface area contributed by atoms with Crippen LogP contribution in [0.2, 0.25) is 0 Å². The fourth-order valence-electron chi connectivity index (χ4n) is 4.82. The highest BCUT2D eigenvalue weighted by Gasteiger charge is 2.42. The zero-order valence-corrected chi connectivity index (χ0v) is 20.6. The largest absolute Gasteiger partial charge is 0.465 e. The van der Waals surface area contributed by atoms with Crippen molar-refractivity contribution in [3.8, 4) is 5.69 Å². The summed E-state index contributed by atoms with van der Waals surface area (Å²) in [7, 11) is 0. The second-order valence-corrected chi connectivity index (χ2v) is 8.95. The lowest BCUT2D eigenvalue weighted by Gasteiger charge is -2.27. The summed E-state index contributed by atoms with van der Waals surface area (Å²) in [6, 6.07) is 14.2. The van der Waals surface area contributed by atoms with Gasteiger partial charge in [-0.2, -0.15) is 0 Å². The molecule has 1 aliphatic heterocycles. The average molecular weight is 463 g/mol. The van der Waals surface area contributed by atoms with E-state index >= 15 is 0 Å². The lowest BCUT2D eigenvalue weighted by atomic mass is 9.97. The number of nitrogens with zero attached hydrogens (tertiary/aromatic N) is 3. The standard InChI is InChI=1S/C26H30N4O2S/c1-6-32-23(31)15-29-25(24(28-26(29)33)22-9-7-8-10-27-22)21-14-18(4)30(19(21)5)20-12-16(2)11-17(3)13-20/h7-14,24-25H,6,15H2,1-5H3,(H,28,33)/t24-,25-/m1/s1. The van der Waals surface area contributed by atoms with Gasteiger partial charge in [-0.1, -0.05) is 12.1 Å². The molecule has 1 N–H and O–H groups in total. The second-order valence-electron chi connectivity index (χ2n) is 8.57. The van der Waals surface area contributed by atoms with Crippen molar-refractivity contribution in [2.24, 2.45) is 0 Å². The molecule has 0 saturated carbocycles. The van der Waals surface area contributed by atoms with Crippen LogP contribution in [0.4, 0.5) is 0 Å². The zero-order valence-electron chi connectivity index (χ0n) is 19.8. The third-order valence-corrected chi connectivity index (χ3v) is 6.41. The zero-order chi connectivity index (χ0) is 23.7. The molecule has 1 aliphatic rings. The maximum atomic E-state index is 12.4. The number of carbonyl (C=O) groups is 1. The first-order valence-corrected chi connectivity index (χ1v) is 11.6. The summed E-state index contributed by atoms with van der Waals surface area (Å²) in [5, 5.41) is 3.94. The van der Waals surface area contributed by atoms with Crippen LogP contribution in [0.15, 0.2) is 48.7 Å². The number of hydrogen-bond donors (Lipinski definition) is 1. The van der Waals surface area contributed by atoms with E-state index in [-0.39, 0.29) is 24.6 Å². The van der Waals surface area contributed by atoms with Gasteiger partial charge in [0.2, 0.25) is 0 Å². The summed E-state index contributed by atoms with van der Waals surface area (Å²) in [5.74, 6) is -0.295. The number of nitrogens with one attached hydrogen (secondary N) is 1. The van der Waals surface area contributed by atoms with Crippen LogP contribution in [0.25, 0.3) is 5.69 Å². The SMILES string of the molecule is CCOC(=O)CN1C(=S)N[C@H](c2ccccn2)[C@H]1c1cc(C)n(-c2cc(C)cc(C)c2)c1C. The molecule has 2 atom stereocenters.